The van der Waals surface area contributed by atoms with Gasteiger partial charge in [0.2, 0.25) is 10.0 Å². The fourth-order valence-electron chi connectivity index (χ4n) is 3.94. The lowest BCUT2D eigenvalue weighted by atomic mass is 9.99. The highest BCUT2D eigenvalue weighted by atomic mass is 32.2. The number of alkyl halides is 3. The number of urea groups is 1. The monoisotopic (exact) mass is 572 g/mol. The molecule has 1 heterocycles. The molecule has 39 heavy (non-hydrogen) atoms. The summed E-state index contributed by atoms with van der Waals surface area (Å²) in [5, 5.41) is 14.7. The summed E-state index contributed by atoms with van der Waals surface area (Å²) in [6.07, 6.45) is -4.06. The Morgan fingerprint density at radius 3 is 2.33 bits per heavy atom. The highest BCUT2D eigenvalue weighted by molar-refractivity contribution is 7.88. The van der Waals surface area contributed by atoms with Crippen molar-refractivity contribution < 1.29 is 41.0 Å². The van der Waals surface area contributed by atoms with Crippen LogP contribution in [0, 0.1) is 5.92 Å². The third-order valence-electron chi connectivity index (χ3n) is 6.40. The van der Waals surface area contributed by atoms with Crippen molar-refractivity contribution in [2.75, 3.05) is 43.6 Å². The molecular formula is C25H31F3N4O6S. The Morgan fingerprint density at radius 1 is 1.18 bits per heavy atom. The number of hydrogen-bond acceptors (Lipinski definition) is 6. The van der Waals surface area contributed by atoms with E-state index in [1.54, 1.807) is 6.92 Å². The summed E-state index contributed by atoms with van der Waals surface area (Å²) in [5.41, 5.74) is -0.446. The molecular weight excluding hydrogens is 541 g/mol. The zero-order chi connectivity index (χ0) is 29.1. The smallest absolute Gasteiger partial charge is 0.416 e. The van der Waals surface area contributed by atoms with E-state index >= 15 is 0 Å². The van der Waals surface area contributed by atoms with Crippen LogP contribution in [0.1, 0.15) is 29.8 Å². The van der Waals surface area contributed by atoms with Crippen molar-refractivity contribution in [2.24, 2.45) is 5.92 Å². The molecule has 0 fully saturated rings. The van der Waals surface area contributed by atoms with Crippen LogP contribution in [0.15, 0.2) is 42.5 Å². The quantitative estimate of drug-likeness (QED) is 0.466. The minimum absolute atomic E-state index is 0.0184. The van der Waals surface area contributed by atoms with Gasteiger partial charge < -0.3 is 25.4 Å². The standard InChI is InChI=1S/C25H31F3N4O6S/c1-15-12-32(16(2)14-33)23(34)20-11-19(9-10-21(20)38-22(15)13-31(3)39(4,36)37)30-24(35)29-18-7-5-17(6-8-18)25(26,27)28/h5-11,15-16,22,33H,12-14H2,1-4H3,(H2,29,30,35)/t15-,16+,22-/m1/s1. The van der Waals surface area contributed by atoms with Crippen LogP contribution >= 0.6 is 0 Å². The highest BCUT2D eigenvalue weighted by Gasteiger charge is 2.34. The van der Waals surface area contributed by atoms with Crippen molar-refractivity contribution in [3.05, 3.63) is 53.6 Å². The first-order chi connectivity index (χ1) is 18.1. The fourth-order valence-corrected chi connectivity index (χ4v) is 4.36. The number of anilines is 2. The topological polar surface area (TPSA) is 128 Å². The lowest BCUT2D eigenvalue weighted by Gasteiger charge is -2.38. The van der Waals surface area contributed by atoms with Gasteiger partial charge in [0.1, 0.15) is 11.9 Å². The number of rotatable bonds is 7. The maximum absolute atomic E-state index is 13.5. The van der Waals surface area contributed by atoms with Crippen LogP contribution in [0.3, 0.4) is 0 Å². The average molecular weight is 573 g/mol. The Hall–Kier alpha value is -3.36. The van der Waals surface area contributed by atoms with E-state index in [0.717, 1.165) is 34.8 Å². The van der Waals surface area contributed by atoms with Gasteiger partial charge in [-0.3, -0.25) is 4.79 Å². The van der Waals surface area contributed by atoms with Gasteiger partial charge in [-0.15, -0.1) is 0 Å². The van der Waals surface area contributed by atoms with E-state index in [0.29, 0.717) is 0 Å². The number of hydrogen-bond donors (Lipinski definition) is 3. The Bertz CT molecular complexity index is 1300. The number of likely N-dealkylation sites (N-methyl/N-ethyl adjacent to an activating group) is 1. The van der Waals surface area contributed by atoms with Crippen LogP contribution in [0.4, 0.5) is 29.3 Å². The SMILES string of the molecule is C[C@@H]1CN([C@@H](C)CO)C(=O)c2cc(NC(=O)Nc3ccc(C(F)(F)F)cc3)ccc2O[C@@H]1CN(C)S(C)(=O)=O. The van der Waals surface area contributed by atoms with E-state index in [1.165, 1.54) is 30.1 Å². The molecule has 3 atom stereocenters. The summed E-state index contributed by atoms with van der Waals surface area (Å²) in [7, 11) is -2.08. The number of carbonyl (C=O) groups excluding carboxylic acids is 2. The largest absolute Gasteiger partial charge is 0.488 e. The number of carbonyl (C=O) groups is 2. The number of nitrogens with zero attached hydrogens (tertiary/aromatic N) is 2. The number of sulfonamides is 1. The molecule has 10 nitrogen and oxygen atoms in total. The van der Waals surface area contributed by atoms with Crippen molar-refractivity contribution in [1.82, 2.24) is 9.21 Å². The van der Waals surface area contributed by atoms with Crippen molar-refractivity contribution >= 4 is 33.3 Å². The molecule has 3 amide bonds. The Morgan fingerprint density at radius 2 is 1.77 bits per heavy atom. The van der Waals surface area contributed by atoms with Crippen LogP contribution in [0.5, 0.6) is 5.75 Å². The van der Waals surface area contributed by atoms with E-state index in [2.05, 4.69) is 10.6 Å². The number of aliphatic hydroxyl groups excluding tert-OH is 1. The summed E-state index contributed by atoms with van der Waals surface area (Å²) >= 11 is 0. The van der Waals surface area contributed by atoms with Crippen LogP contribution in [0.25, 0.3) is 0 Å². The van der Waals surface area contributed by atoms with Gasteiger partial charge in [0.25, 0.3) is 5.91 Å². The predicted molar refractivity (Wildman–Crippen MR) is 139 cm³/mol. The highest BCUT2D eigenvalue weighted by Crippen LogP contribution is 2.32. The van der Waals surface area contributed by atoms with Crippen molar-refractivity contribution in [2.45, 2.75) is 32.2 Å². The molecule has 14 heteroatoms. The van der Waals surface area contributed by atoms with Crippen molar-refractivity contribution in [3.8, 4) is 5.75 Å². The van der Waals surface area contributed by atoms with Gasteiger partial charge in [0, 0.05) is 30.9 Å². The summed E-state index contributed by atoms with van der Waals surface area (Å²) in [6, 6.07) is 6.92. The second-order valence-electron chi connectivity index (χ2n) is 9.53. The lowest BCUT2D eigenvalue weighted by Crippen LogP contribution is -2.50. The predicted octanol–water partition coefficient (Wildman–Crippen LogP) is 3.46. The first-order valence-electron chi connectivity index (χ1n) is 12.0. The van der Waals surface area contributed by atoms with E-state index < -0.39 is 45.8 Å². The molecule has 214 valence electrons. The molecule has 2 aromatic carbocycles. The Kier molecular flexibility index (Phi) is 9.13. The first kappa shape index (κ1) is 30.2. The molecule has 0 unspecified atom stereocenters. The number of benzene rings is 2. The minimum atomic E-state index is -4.51. The normalized spacial score (nSPS) is 19.0. The lowest BCUT2D eigenvalue weighted by molar-refractivity contribution is -0.137. The van der Waals surface area contributed by atoms with E-state index in [4.69, 9.17) is 4.74 Å². The molecule has 0 aromatic heterocycles. The molecule has 0 radical (unpaired) electrons. The Balaban J connectivity index is 1.86. The zero-order valence-corrected chi connectivity index (χ0v) is 22.6. The van der Waals surface area contributed by atoms with Gasteiger partial charge in [-0.05, 0) is 49.4 Å². The van der Waals surface area contributed by atoms with Crippen LogP contribution < -0.4 is 15.4 Å². The third kappa shape index (κ3) is 7.61. The number of nitrogens with one attached hydrogen (secondary N) is 2. The second-order valence-corrected chi connectivity index (χ2v) is 11.6. The maximum atomic E-state index is 13.5. The van der Waals surface area contributed by atoms with Crippen LogP contribution in [0.2, 0.25) is 0 Å². The number of ether oxygens (including phenoxy) is 1. The first-order valence-corrected chi connectivity index (χ1v) is 13.8. The molecule has 0 aliphatic carbocycles. The average Bonchev–Trinajstić information content (AvgIpc) is 2.85. The van der Waals surface area contributed by atoms with Gasteiger partial charge >= 0.3 is 12.2 Å². The van der Waals surface area contributed by atoms with Gasteiger partial charge in [0.15, 0.2) is 0 Å². The van der Waals surface area contributed by atoms with Crippen LogP contribution in [-0.4, -0.2) is 79.8 Å². The molecule has 0 spiro atoms. The molecule has 2 aromatic rings. The molecule has 1 aliphatic rings. The third-order valence-corrected chi connectivity index (χ3v) is 7.68. The molecule has 0 bridgehead atoms. The van der Waals surface area contributed by atoms with E-state index in [1.807, 2.05) is 6.92 Å². The number of aliphatic hydroxyl groups is 1. The van der Waals surface area contributed by atoms with Crippen molar-refractivity contribution in [1.29, 1.82) is 0 Å². The Labute approximate surface area is 224 Å². The van der Waals surface area contributed by atoms with Crippen molar-refractivity contribution in [3.63, 3.8) is 0 Å². The van der Waals surface area contributed by atoms with Gasteiger partial charge in [-0.2, -0.15) is 13.2 Å². The maximum Gasteiger partial charge on any atom is 0.416 e. The van der Waals surface area contributed by atoms with E-state index in [9.17, 15) is 36.3 Å². The summed E-state index contributed by atoms with van der Waals surface area (Å²) in [6.45, 7) is 3.37. The molecule has 3 rings (SSSR count). The minimum Gasteiger partial charge on any atom is -0.488 e. The summed E-state index contributed by atoms with van der Waals surface area (Å²) in [4.78, 5) is 27.4. The molecule has 1 aliphatic heterocycles. The molecule has 0 saturated heterocycles. The second kappa shape index (κ2) is 11.8. The number of fused-ring (bicyclic) bond motifs is 1. The van der Waals surface area contributed by atoms with Gasteiger partial charge in [0.05, 0.1) is 36.6 Å². The molecule has 3 N–H and O–H groups in total. The summed E-state index contributed by atoms with van der Waals surface area (Å²) in [5.74, 6) is -0.588. The molecule has 0 saturated carbocycles. The van der Waals surface area contributed by atoms with Gasteiger partial charge in [-0.25, -0.2) is 17.5 Å². The fraction of sp³-hybridized carbons (Fsp3) is 0.440. The van der Waals surface area contributed by atoms with E-state index in [-0.39, 0.29) is 48.3 Å². The number of amides is 3. The summed E-state index contributed by atoms with van der Waals surface area (Å²) < 4.78 is 69.6. The number of halogens is 3. The zero-order valence-electron chi connectivity index (χ0n) is 21.8. The van der Waals surface area contributed by atoms with Gasteiger partial charge in [-0.1, -0.05) is 6.92 Å². The van der Waals surface area contributed by atoms with Crippen LogP contribution in [-0.2, 0) is 16.2 Å².